The van der Waals surface area contributed by atoms with Crippen molar-refractivity contribution in [3.63, 3.8) is 0 Å². The summed E-state index contributed by atoms with van der Waals surface area (Å²) >= 11 is 0. The summed E-state index contributed by atoms with van der Waals surface area (Å²) in [4.78, 5) is 21.7. The Bertz CT molecular complexity index is 185. The summed E-state index contributed by atoms with van der Waals surface area (Å²) in [5.74, 6) is -0.850. The largest absolute Gasteiger partial charge is 0.467 e. The predicted molar refractivity (Wildman–Crippen MR) is 50.5 cm³/mol. The molecule has 5 nitrogen and oxygen atoms in total. The Morgan fingerprint density at radius 3 is 2.15 bits per heavy atom. The second-order valence-electron chi connectivity index (χ2n) is 2.54. The second-order valence-corrected chi connectivity index (χ2v) is 2.54. The first-order valence-electron chi connectivity index (χ1n) is 3.62. The third kappa shape index (κ3) is 5.43. The van der Waals surface area contributed by atoms with Gasteiger partial charge in [-0.15, -0.1) is 12.4 Å². The van der Waals surface area contributed by atoms with E-state index in [9.17, 15) is 9.59 Å². The molecule has 2 unspecified atom stereocenters. The summed E-state index contributed by atoms with van der Waals surface area (Å²) in [5.41, 5.74) is 5.26. The number of methoxy groups -OCH3 is 1. The molecule has 0 rings (SSSR count). The van der Waals surface area contributed by atoms with E-state index in [1.165, 1.54) is 14.0 Å². The summed E-state index contributed by atoms with van der Waals surface area (Å²) in [7, 11) is 1.26. The topological polar surface area (TPSA) is 81.4 Å². The SMILES string of the molecule is COC(=O)C(C)NC(=O)C(C)N.Cl. The van der Waals surface area contributed by atoms with Crippen molar-refractivity contribution in [3.8, 4) is 0 Å². The Morgan fingerprint density at radius 2 is 1.85 bits per heavy atom. The molecule has 2 atom stereocenters. The molecular weight excluding hydrogens is 196 g/mol. The third-order valence-electron chi connectivity index (χ3n) is 1.33. The van der Waals surface area contributed by atoms with Crippen LogP contribution in [-0.4, -0.2) is 31.1 Å². The standard InChI is InChI=1S/C7H14N2O3.ClH/c1-4(8)6(10)9-5(2)7(11)12-3;/h4-5H,8H2,1-3H3,(H,9,10);1H. The zero-order valence-corrected chi connectivity index (χ0v) is 8.68. The van der Waals surface area contributed by atoms with Crippen molar-refractivity contribution in [2.24, 2.45) is 5.73 Å². The fourth-order valence-corrected chi connectivity index (χ4v) is 0.581. The van der Waals surface area contributed by atoms with Gasteiger partial charge in [-0.1, -0.05) is 0 Å². The molecule has 3 N–H and O–H groups in total. The van der Waals surface area contributed by atoms with Gasteiger partial charge in [0.15, 0.2) is 0 Å². The average Bonchev–Trinajstić information content (AvgIpc) is 2.02. The third-order valence-corrected chi connectivity index (χ3v) is 1.33. The number of halogens is 1. The van der Waals surface area contributed by atoms with Gasteiger partial charge >= 0.3 is 5.97 Å². The van der Waals surface area contributed by atoms with Crippen LogP contribution in [0.2, 0.25) is 0 Å². The van der Waals surface area contributed by atoms with Gasteiger partial charge in [0.05, 0.1) is 13.2 Å². The quantitative estimate of drug-likeness (QED) is 0.612. The molecule has 0 fully saturated rings. The molecule has 0 aromatic carbocycles. The van der Waals surface area contributed by atoms with Gasteiger partial charge in [0.1, 0.15) is 6.04 Å². The zero-order valence-electron chi connectivity index (χ0n) is 7.87. The summed E-state index contributed by atoms with van der Waals surface area (Å²) in [6, 6.07) is -1.26. The fourth-order valence-electron chi connectivity index (χ4n) is 0.581. The molecule has 0 heterocycles. The van der Waals surface area contributed by atoms with E-state index >= 15 is 0 Å². The van der Waals surface area contributed by atoms with Gasteiger partial charge < -0.3 is 15.8 Å². The second kappa shape index (κ2) is 6.68. The highest BCUT2D eigenvalue weighted by molar-refractivity contribution is 5.86. The molecule has 0 bridgehead atoms. The molecule has 0 aromatic rings. The van der Waals surface area contributed by atoms with Crippen LogP contribution < -0.4 is 11.1 Å². The van der Waals surface area contributed by atoms with Gasteiger partial charge in [-0.3, -0.25) is 4.79 Å². The summed E-state index contributed by atoms with van der Waals surface area (Å²) in [6.45, 7) is 3.07. The maximum absolute atomic E-state index is 10.9. The van der Waals surface area contributed by atoms with E-state index in [0.717, 1.165) is 0 Å². The lowest BCUT2D eigenvalue weighted by molar-refractivity contribution is -0.144. The monoisotopic (exact) mass is 210 g/mol. The highest BCUT2D eigenvalue weighted by atomic mass is 35.5. The van der Waals surface area contributed by atoms with Crippen molar-refractivity contribution < 1.29 is 14.3 Å². The molecule has 0 spiro atoms. The first-order valence-corrected chi connectivity index (χ1v) is 3.62. The minimum atomic E-state index is -0.645. The minimum Gasteiger partial charge on any atom is -0.467 e. The van der Waals surface area contributed by atoms with E-state index in [1.54, 1.807) is 6.92 Å². The van der Waals surface area contributed by atoms with Crippen LogP contribution in [0.25, 0.3) is 0 Å². The lowest BCUT2D eigenvalue weighted by Gasteiger charge is -2.12. The highest BCUT2D eigenvalue weighted by Gasteiger charge is 2.17. The normalized spacial score (nSPS) is 13.5. The Balaban J connectivity index is 0. The van der Waals surface area contributed by atoms with Crippen LogP contribution in [0.1, 0.15) is 13.8 Å². The molecule has 13 heavy (non-hydrogen) atoms. The first kappa shape index (κ1) is 14.7. The summed E-state index contributed by atoms with van der Waals surface area (Å²) < 4.78 is 4.40. The molecule has 0 aliphatic rings. The Hall–Kier alpha value is -0.810. The van der Waals surface area contributed by atoms with Crippen LogP contribution in [0, 0.1) is 0 Å². The van der Waals surface area contributed by atoms with Gasteiger partial charge in [0.25, 0.3) is 0 Å². The lowest BCUT2D eigenvalue weighted by Crippen LogP contribution is -2.46. The van der Waals surface area contributed by atoms with Crippen molar-refractivity contribution in [2.45, 2.75) is 25.9 Å². The van der Waals surface area contributed by atoms with E-state index in [4.69, 9.17) is 5.73 Å². The van der Waals surface area contributed by atoms with Crippen LogP contribution in [0.4, 0.5) is 0 Å². The number of carbonyl (C=O) groups excluding carboxylic acids is 2. The van der Waals surface area contributed by atoms with Gasteiger partial charge in [-0.25, -0.2) is 4.79 Å². The molecule has 0 aliphatic heterocycles. The molecule has 0 saturated carbocycles. The minimum absolute atomic E-state index is 0. The fraction of sp³-hybridized carbons (Fsp3) is 0.714. The van der Waals surface area contributed by atoms with Gasteiger partial charge in [-0.2, -0.15) is 0 Å². The van der Waals surface area contributed by atoms with Gasteiger partial charge in [-0.05, 0) is 13.8 Å². The highest BCUT2D eigenvalue weighted by Crippen LogP contribution is 1.86. The first-order chi connectivity index (χ1) is 5.49. The number of nitrogens with two attached hydrogens (primary N) is 1. The maximum atomic E-state index is 10.9. The van der Waals surface area contributed by atoms with Crippen LogP contribution in [-0.2, 0) is 14.3 Å². The predicted octanol–water partition coefficient (Wildman–Crippen LogP) is -0.567. The van der Waals surface area contributed by atoms with Crippen molar-refractivity contribution in [1.82, 2.24) is 5.32 Å². The summed E-state index contributed by atoms with van der Waals surface area (Å²) in [5, 5.41) is 2.39. The van der Waals surface area contributed by atoms with Gasteiger partial charge in [0, 0.05) is 0 Å². The number of rotatable bonds is 3. The Morgan fingerprint density at radius 1 is 1.38 bits per heavy atom. The molecule has 0 radical (unpaired) electrons. The van der Waals surface area contributed by atoms with Gasteiger partial charge in [0.2, 0.25) is 5.91 Å². The van der Waals surface area contributed by atoms with Crippen molar-refractivity contribution >= 4 is 24.3 Å². The smallest absolute Gasteiger partial charge is 0.328 e. The zero-order chi connectivity index (χ0) is 9.72. The van der Waals surface area contributed by atoms with E-state index < -0.39 is 18.1 Å². The average molecular weight is 211 g/mol. The molecule has 0 aromatic heterocycles. The Kier molecular flexibility index (Phi) is 7.55. The number of esters is 1. The van der Waals surface area contributed by atoms with Crippen LogP contribution in [0.3, 0.4) is 0 Å². The molecule has 1 amide bonds. The van der Waals surface area contributed by atoms with E-state index in [0.29, 0.717) is 0 Å². The Labute approximate surface area is 83.4 Å². The van der Waals surface area contributed by atoms with E-state index in [-0.39, 0.29) is 18.3 Å². The maximum Gasteiger partial charge on any atom is 0.328 e. The van der Waals surface area contributed by atoms with Crippen LogP contribution in [0.15, 0.2) is 0 Å². The lowest BCUT2D eigenvalue weighted by atomic mass is 10.3. The van der Waals surface area contributed by atoms with Crippen molar-refractivity contribution in [3.05, 3.63) is 0 Å². The van der Waals surface area contributed by atoms with Crippen molar-refractivity contribution in [2.75, 3.05) is 7.11 Å². The van der Waals surface area contributed by atoms with Crippen molar-refractivity contribution in [1.29, 1.82) is 0 Å². The number of carbonyl (C=O) groups is 2. The molecule has 6 heteroatoms. The van der Waals surface area contributed by atoms with E-state index in [2.05, 4.69) is 10.1 Å². The molecule has 0 saturated heterocycles. The van der Waals surface area contributed by atoms with Crippen LogP contribution in [0.5, 0.6) is 0 Å². The van der Waals surface area contributed by atoms with E-state index in [1.807, 2.05) is 0 Å². The number of hydrogen-bond acceptors (Lipinski definition) is 4. The molecule has 0 aliphatic carbocycles. The number of ether oxygens (including phenoxy) is 1. The molecular formula is C7H15ClN2O3. The van der Waals surface area contributed by atoms with Crippen LogP contribution >= 0.6 is 12.4 Å². The number of hydrogen-bond donors (Lipinski definition) is 2. The molecule has 78 valence electrons. The number of amides is 1. The number of nitrogens with one attached hydrogen (secondary N) is 1. The summed E-state index contributed by atoms with van der Waals surface area (Å²) in [6.07, 6.45) is 0.